The van der Waals surface area contributed by atoms with Gasteiger partial charge in [0, 0.05) is 35.9 Å². The Morgan fingerprint density at radius 1 is 1.21 bits per heavy atom. The van der Waals surface area contributed by atoms with Crippen molar-refractivity contribution in [1.29, 1.82) is 0 Å². The maximum absolute atomic E-state index is 12.0. The Balaban J connectivity index is 1.45. The van der Waals surface area contributed by atoms with Gasteiger partial charge in [0.2, 0.25) is 0 Å². The minimum atomic E-state index is -0.552. The van der Waals surface area contributed by atoms with Crippen molar-refractivity contribution in [1.82, 2.24) is 10.6 Å². The summed E-state index contributed by atoms with van der Waals surface area (Å²) in [5, 5.41) is 6.28. The topological polar surface area (TPSA) is 87.5 Å². The van der Waals surface area contributed by atoms with Crippen LogP contribution in [0.1, 0.15) is 19.3 Å². The molecule has 1 aliphatic heterocycles. The number of nitrogens with one attached hydrogen (secondary N) is 2. The average Bonchev–Trinajstić information content (AvgIpc) is 2.98. The van der Waals surface area contributed by atoms with Gasteiger partial charge in [0.15, 0.2) is 0 Å². The summed E-state index contributed by atoms with van der Waals surface area (Å²) < 4.78 is 0. The molecule has 24 heavy (non-hydrogen) atoms. The van der Waals surface area contributed by atoms with E-state index in [4.69, 9.17) is 17.3 Å². The van der Waals surface area contributed by atoms with Crippen LogP contribution in [0.3, 0.4) is 0 Å². The molecule has 1 saturated carbocycles. The molecule has 130 valence electrons. The van der Waals surface area contributed by atoms with Crippen LogP contribution in [0.25, 0.3) is 0 Å². The highest BCUT2D eigenvalue weighted by molar-refractivity contribution is 6.35. The molecule has 2 fully saturated rings. The van der Waals surface area contributed by atoms with Gasteiger partial charge in [-0.15, -0.1) is 0 Å². The number of rotatable bonds is 4. The van der Waals surface area contributed by atoms with Crippen molar-refractivity contribution >= 4 is 29.1 Å². The molecule has 3 rings (SSSR count). The first-order valence-electron chi connectivity index (χ1n) is 8.37. The van der Waals surface area contributed by atoms with E-state index < -0.39 is 11.8 Å². The molecule has 1 aliphatic carbocycles. The maximum atomic E-state index is 12.0. The summed E-state index contributed by atoms with van der Waals surface area (Å²) in [6.45, 7) is 2.14. The smallest absolute Gasteiger partial charge is 0.309 e. The third kappa shape index (κ3) is 3.99. The van der Waals surface area contributed by atoms with Crippen molar-refractivity contribution in [2.45, 2.75) is 31.3 Å². The summed E-state index contributed by atoms with van der Waals surface area (Å²) in [6, 6.07) is 7.70. The molecule has 7 heteroatoms. The predicted molar refractivity (Wildman–Crippen MR) is 93.9 cm³/mol. The summed E-state index contributed by atoms with van der Waals surface area (Å²) in [6.07, 6.45) is 2.53. The lowest BCUT2D eigenvalue weighted by molar-refractivity contribution is -0.140. The van der Waals surface area contributed by atoms with Gasteiger partial charge in [-0.3, -0.25) is 9.59 Å². The molecule has 1 aromatic rings. The van der Waals surface area contributed by atoms with E-state index in [1.807, 2.05) is 24.3 Å². The van der Waals surface area contributed by atoms with Gasteiger partial charge in [0.1, 0.15) is 0 Å². The van der Waals surface area contributed by atoms with E-state index in [0.29, 0.717) is 24.0 Å². The lowest BCUT2D eigenvalue weighted by Gasteiger charge is -2.34. The highest BCUT2D eigenvalue weighted by Gasteiger charge is 2.32. The van der Waals surface area contributed by atoms with Gasteiger partial charge < -0.3 is 21.3 Å². The Labute approximate surface area is 146 Å². The van der Waals surface area contributed by atoms with Crippen LogP contribution < -0.4 is 21.3 Å². The van der Waals surface area contributed by atoms with Crippen molar-refractivity contribution in [3.8, 4) is 0 Å². The van der Waals surface area contributed by atoms with Crippen molar-refractivity contribution in [2.75, 3.05) is 24.5 Å². The third-order valence-corrected chi connectivity index (χ3v) is 5.04. The molecule has 2 aliphatic rings. The summed E-state index contributed by atoms with van der Waals surface area (Å²) in [5.74, 6) is -0.625. The Morgan fingerprint density at radius 2 is 1.92 bits per heavy atom. The molecule has 0 radical (unpaired) electrons. The highest BCUT2D eigenvalue weighted by atomic mass is 35.5. The molecular weight excluding hydrogens is 328 g/mol. The van der Waals surface area contributed by atoms with Crippen molar-refractivity contribution in [3.63, 3.8) is 0 Å². The van der Waals surface area contributed by atoms with Crippen LogP contribution in [0.15, 0.2) is 24.3 Å². The molecule has 6 nitrogen and oxygen atoms in total. The molecule has 1 saturated heterocycles. The second-order valence-corrected chi connectivity index (χ2v) is 7.06. The van der Waals surface area contributed by atoms with Crippen LogP contribution in [0.2, 0.25) is 5.02 Å². The molecule has 0 bridgehead atoms. The van der Waals surface area contributed by atoms with Crippen LogP contribution >= 0.6 is 11.6 Å². The van der Waals surface area contributed by atoms with Crippen LogP contribution in [0, 0.1) is 5.92 Å². The van der Waals surface area contributed by atoms with Gasteiger partial charge in [-0.05, 0) is 49.9 Å². The molecule has 0 aromatic heterocycles. The van der Waals surface area contributed by atoms with E-state index >= 15 is 0 Å². The summed E-state index contributed by atoms with van der Waals surface area (Å²) in [7, 11) is 0. The van der Waals surface area contributed by atoms with E-state index in [1.165, 1.54) is 0 Å². The fourth-order valence-electron chi connectivity index (χ4n) is 3.33. The number of halogens is 1. The Kier molecular flexibility index (Phi) is 5.26. The van der Waals surface area contributed by atoms with E-state index in [9.17, 15) is 9.59 Å². The first-order valence-corrected chi connectivity index (χ1v) is 8.75. The molecule has 1 unspecified atom stereocenters. The summed E-state index contributed by atoms with van der Waals surface area (Å²) in [5.41, 5.74) is 6.59. The van der Waals surface area contributed by atoms with Gasteiger partial charge in [-0.1, -0.05) is 17.7 Å². The Morgan fingerprint density at radius 3 is 2.58 bits per heavy atom. The number of amides is 2. The second kappa shape index (κ2) is 7.40. The first kappa shape index (κ1) is 17.0. The largest absolute Gasteiger partial charge is 0.369 e. The van der Waals surface area contributed by atoms with Crippen molar-refractivity contribution in [2.24, 2.45) is 11.7 Å². The number of carbonyl (C=O) groups excluding carboxylic acids is 2. The van der Waals surface area contributed by atoms with Crippen LogP contribution in [0.4, 0.5) is 5.69 Å². The van der Waals surface area contributed by atoms with Gasteiger partial charge in [0.25, 0.3) is 0 Å². The fraction of sp³-hybridized carbons (Fsp3) is 0.529. The third-order valence-electron chi connectivity index (χ3n) is 4.81. The number of hydrogen-bond donors (Lipinski definition) is 3. The zero-order chi connectivity index (χ0) is 17.1. The number of anilines is 1. The standard InChI is InChI=1S/C17H23ClN4O2/c18-12-2-1-3-15(8-12)22-5-4-13(10-22)20-16(23)17(24)21-14-6-11(7-14)9-19/h1-3,8,11,13-14H,4-7,9-10,19H2,(H,20,23)(H,21,24). The predicted octanol–water partition coefficient (Wildman–Crippen LogP) is 0.888. The molecule has 1 atom stereocenters. The normalized spacial score (nSPS) is 25.9. The average molecular weight is 351 g/mol. The molecule has 4 N–H and O–H groups in total. The number of nitrogens with zero attached hydrogens (tertiary/aromatic N) is 1. The van der Waals surface area contributed by atoms with E-state index in [0.717, 1.165) is 31.5 Å². The summed E-state index contributed by atoms with van der Waals surface area (Å²) >= 11 is 6.02. The van der Waals surface area contributed by atoms with Crippen LogP contribution in [-0.2, 0) is 9.59 Å². The molecule has 1 heterocycles. The number of hydrogen-bond acceptors (Lipinski definition) is 4. The van der Waals surface area contributed by atoms with E-state index in [1.54, 1.807) is 0 Å². The fourth-order valence-corrected chi connectivity index (χ4v) is 3.52. The van der Waals surface area contributed by atoms with Gasteiger partial charge >= 0.3 is 11.8 Å². The SMILES string of the molecule is NCC1CC(NC(=O)C(=O)NC2CCN(c3cccc(Cl)c3)C2)C1. The van der Waals surface area contributed by atoms with Gasteiger partial charge in [-0.25, -0.2) is 0 Å². The Hall–Kier alpha value is -1.79. The number of carbonyl (C=O) groups is 2. The lowest BCUT2D eigenvalue weighted by atomic mass is 9.80. The Bertz CT molecular complexity index is 618. The van der Waals surface area contributed by atoms with E-state index in [-0.39, 0.29) is 12.1 Å². The van der Waals surface area contributed by atoms with Crippen LogP contribution in [0.5, 0.6) is 0 Å². The van der Waals surface area contributed by atoms with Crippen LogP contribution in [-0.4, -0.2) is 43.5 Å². The van der Waals surface area contributed by atoms with Gasteiger partial charge in [0.05, 0.1) is 0 Å². The molecule has 1 aromatic carbocycles. The van der Waals surface area contributed by atoms with Crippen molar-refractivity contribution < 1.29 is 9.59 Å². The van der Waals surface area contributed by atoms with Gasteiger partial charge in [-0.2, -0.15) is 0 Å². The molecule has 0 spiro atoms. The van der Waals surface area contributed by atoms with Crippen molar-refractivity contribution in [3.05, 3.63) is 29.3 Å². The number of nitrogens with two attached hydrogens (primary N) is 1. The maximum Gasteiger partial charge on any atom is 0.309 e. The monoisotopic (exact) mass is 350 g/mol. The second-order valence-electron chi connectivity index (χ2n) is 6.63. The van der Waals surface area contributed by atoms with E-state index in [2.05, 4.69) is 15.5 Å². The number of benzene rings is 1. The lowest BCUT2D eigenvalue weighted by Crippen LogP contribution is -2.52. The zero-order valence-electron chi connectivity index (χ0n) is 13.5. The first-order chi connectivity index (χ1) is 11.5. The minimum absolute atomic E-state index is 0.0274. The zero-order valence-corrected chi connectivity index (χ0v) is 14.3. The quantitative estimate of drug-likeness (QED) is 0.704. The molecule has 2 amide bonds. The minimum Gasteiger partial charge on any atom is -0.369 e. The molecular formula is C17H23ClN4O2. The summed E-state index contributed by atoms with van der Waals surface area (Å²) in [4.78, 5) is 26.1. The highest BCUT2D eigenvalue weighted by Crippen LogP contribution is 2.26.